The van der Waals surface area contributed by atoms with Crippen LogP contribution in [0.5, 0.6) is 0 Å². The maximum atomic E-state index is 13.2. The van der Waals surface area contributed by atoms with Crippen LogP contribution in [0.3, 0.4) is 0 Å². The Balaban J connectivity index is 1.76. The van der Waals surface area contributed by atoms with Crippen LogP contribution >= 0.6 is 0 Å². The van der Waals surface area contributed by atoms with E-state index in [2.05, 4.69) is 0 Å². The monoisotopic (exact) mass is 344 g/mol. The van der Waals surface area contributed by atoms with Crippen LogP contribution in [0.25, 0.3) is 0 Å². The number of carbonyl (C=O) groups excluding carboxylic acids is 2. The topological polar surface area (TPSA) is 88.6 Å². The minimum Gasteiger partial charge on any atom is -0.342 e. The molecule has 2 amide bonds. The van der Waals surface area contributed by atoms with Crippen molar-refractivity contribution in [1.29, 1.82) is 0 Å². The maximum absolute atomic E-state index is 13.2. The molecule has 2 N–H and O–H groups in total. The van der Waals surface area contributed by atoms with E-state index in [0.29, 0.717) is 26.2 Å². The summed E-state index contributed by atoms with van der Waals surface area (Å²) in [6.07, 6.45) is 1.63. The highest BCUT2D eigenvalue weighted by Crippen LogP contribution is 2.42. The van der Waals surface area contributed by atoms with Gasteiger partial charge >= 0.3 is 0 Å². The summed E-state index contributed by atoms with van der Waals surface area (Å²) >= 11 is 0. The Morgan fingerprint density at radius 1 is 1.16 bits per heavy atom. The summed E-state index contributed by atoms with van der Waals surface area (Å²) in [5.74, 6) is 0.0770. The number of pyridine rings is 1. The van der Waals surface area contributed by atoms with Crippen molar-refractivity contribution in [2.45, 2.75) is 37.8 Å². The number of piperidine rings is 1. The molecule has 1 aromatic heterocycles. The Bertz CT molecular complexity index is 774. The van der Waals surface area contributed by atoms with E-state index >= 15 is 0 Å². The quantitative estimate of drug-likeness (QED) is 0.771. The fraction of sp³-hybridized carbons (Fsp3) is 0.611. The van der Waals surface area contributed by atoms with E-state index in [0.717, 1.165) is 18.5 Å². The predicted molar refractivity (Wildman–Crippen MR) is 92.0 cm³/mol. The average molecular weight is 344 g/mol. The van der Waals surface area contributed by atoms with Crippen LogP contribution in [0.1, 0.15) is 37.4 Å². The number of hydrogen-bond acceptors (Lipinski definition) is 4. The lowest BCUT2D eigenvalue weighted by molar-refractivity contribution is -0.140. The van der Waals surface area contributed by atoms with E-state index in [1.54, 1.807) is 22.5 Å². The molecule has 1 aromatic rings. The Hall–Kier alpha value is -2.15. The molecule has 2 bridgehead atoms. The van der Waals surface area contributed by atoms with E-state index in [1.165, 1.54) is 6.07 Å². The number of rotatable bonds is 1. The SMILES string of the molecule is CC(=O)N1C[C@H]2C[C@@H](C1)[C@H](C(=O)N1CC[C@H](N)C1)n1c2cccc1=O. The number of aromatic nitrogens is 1. The summed E-state index contributed by atoms with van der Waals surface area (Å²) < 4.78 is 1.68. The van der Waals surface area contributed by atoms with Crippen molar-refractivity contribution < 1.29 is 9.59 Å². The lowest BCUT2D eigenvalue weighted by Gasteiger charge is -2.46. The third-order valence-corrected chi connectivity index (χ3v) is 5.88. The van der Waals surface area contributed by atoms with Gasteiger partial charge in [0.25, 0.3) is 5.56 Å². The Morgan fingerprint density at radius 2 is 1.96 bits per heavy atom. The molecule has 3 aliphatic heterocycles. The summed E-state index contributed by atoms with van der Waals surface area (Å²) in [5.41, 5.74) is 6.70. The van der Waals surface area contributed by atoms with Gasteiger partial charge in [0.15, 0.2) is 0 Å². The number of amides is 2. The summed E-state index contributed by atoms with van der Waals surface area (Å²) in [5, 5.41) is 0. The highest BCUT2D eigenvalue weighted by Gasteiger charge is 2.46. The van der Waals surface area contributed by atoms with E-state index in [9.17, 15) is 14.4 Å². The van der Waals surface area contributed by atoms with Gasteiger partial charge in [-0.15, -0.1) is 0 Å². The molecule has 0 aromatic carbocycles. The first-order chi connectivity index (χ1) is 12.0. The first-order valence-corrected chi connectivity index (χ1v) is 8.97. The zero-order chi connectivity index (χ0) is 17.7. The maximum Gasteiger partial charge on any atom is 0.251 e. The van der Waals surface area contributed by atoms with Crippen molar-refractivity contribution in [1.82, 2.24) is 14.4 Å². The predicted octanol–water partition coefficient (Wildman–Crippen LogP) is -0.0854. The van der Waals surface area contributed by atoms with E-state index in [1.807, 2.05) is 11.0 Å². The normalized spacial score (nSPS) is 31.0. The molecule has 0 aliphatic carbocycles. The van der Waals surface area contributed by atoms with Crippen LogP contribution < -0.4 is 11.3 Å². The molecule has 7 heteroatoms. The van der Waals surface area contributed by atoms with Crippen molar-refractivity contribution in [3.8, 4) is 0 Å². The molecule has 3 aliphatic rings. The molecular weight excluding hydrogens is 320 g/mol. The first-order valence-electron chi connectivity index (χ1n) is 8.97. The van der Waals surface area contributed by atoms with E-state index in [-0.39, 0.29) is 35.3 Å². The Labute approximate surface area is 146 Å². The highest BCUT2D eigenvalue weighted by molar-refractivity contribution is 5.82. The third kappa shape index (κ3) is 2.66. The molecule has 4 heterocycles. The number of hydrogen-bond donors (Lipinski definition) is 1. The van der Waals surface area contributed by atoms with Gasteiger partial charge in [0.05, 0.1) is 0 Å². The first kappa shape index (κ1) is 16.3. The van der Waals surface area contributed by atoms with Crippen LogP contribution in [-0.2, 0) is 9.59 Å². The lowest BCUT2D eigenvalue weighted by atomic mass is 9.78. The second-order valence-corrected chi connectivity index (χ2v) is 7.55. The van der Waals surface area contributed by atoms with E-state index in [4.69, 9.17) is 5.73 Å². The fourth-order valence-electron chi connectivity index (χ4n) is 4.68. The van der Waals surface area contributed by atoms with Gasteiger partial charge in [0.2, 0.25) is 11.8 Å². The van der Waals surface area contributed by atoms with Gasteiger partial charge in [-0.2, -0.15) is 0 Å². The zero-order valence-electron chi connectivity index (χ0n) is 14.4. The molecule has 4 rings (SSSR count). The molecule has 2 saturated heterocycles. The molecule has 7 nitrogen and oxygen atoms in total. The molecular formula is C18H24N4O3. The average Bonchev–Trinajstić information content (AvgIpc) is 3.02. The highest BCUT2D eigenvalue weighted by atomic mass is 16.2. The number of likely N-dealkylation sites (tertiary alicyclic amines) is 2. The van der Waals surface area contributed by atoms with Gasteiger partial charge in [0, 0.05) is 62.7 Å². The van der Waals surface area contributed by atoms with Gasteiger partial charge in [-0.25, -0.2) is 0 Å². The van der Waals surface area contributed by atoms with Crippen LogP contribution in [0.2, 0.25) is 0 Å². The fourth-order valence-corrected chi connectivity index (χ4v) is 4.68. The van der Waals surface area contributed by atoms with Crippen molar-refractivity contribution >= 4 is 11.8 Å². The molecule has 0 radical (unpaired) electrons. The lowest BCUT2D eigenvalue weighted by Crippen LogP contribution is -2.54. The summed E-state index contributed by atoms with van der Waals surface area (Å²) in [6.45, 7) is 3.89. The van der Waals surface area contributed by atoms with Gasteiger partial charge in [-0.1, -0.05) is 6.07 Å². The zero-order valence-corrected chi connectivity index (χ0v) is 14.4. The van der Waals surface area contributed by atoms with E-state index < -0.39 is 6.04 Å². The minimum atomic E-state index is -0.535. The molecule has 2 fully saturated rings. The Morgan fingerprint density at radius 3 is 2.64 bits per heavy atom. The molecule has 134 valence electrons. The number of nitrogens with two attached hydrogens (primary N) is 1. The number of fused-ring (bicyclic) bond motifs is 4. The van der Waals surface area contributed by atoms with Crippen LogP contribution in [0.15, 0.2) is 23.0 Å². The molecule has 4 atom stereocenters. The van der Waals surface area contributed by atoms with Crippen molar-refractivity contribution in [2.75, 3.05) is 26.2 Å². The van der Waals surface area contributed by atoms with Gasteiger partial charge in [-0.3, -0.25) is 19.0 Å². The van der Waals surface area contributed by atoms with Gasteiger partial charge in [-0.05, 0) is 18.9 Å². The standard InChI is InChI=1S/C18H24N4O3/c1-11(23)21-8-12-7-13(9-21)17(18(25)20-6-5-14(19)10-20)22-15(12)3-2-4-16(22)24/h2-4,12-14,17H,5-10,19H2,1H3/t12-,13+,14+,17-/m1/s1. The second kappa shape index (κ2) is 5.98. The third-order valence-electron chi connectivity index (χ3n) is 5.88. The Kier molecular flexibility index (Phi) is 3.91. The van der Waals surface area contributed by atoms with Crippen molar-refractivity contribution in [3.05, 3.63) is 34.2 Å². The number of carbonyl (C=O) groups is 2. The van der Waals surface area contributed by atoms with Gasteiger partial charge < -0.3 is 15.5 Å². The van der Waals surface area contributed by atoms with Crippen LogP contribution in [-0.4, -0.2) is 58.4 Å². The van der Waals surface area contributed by atoms with Crippen molar-refractivity contribution in [3.63, 3.8) is 0 Å². The summed E-state index contributed by atoms with van der Waals surface area (Å²) in [7, 11) is 0. The largest absolute Gasteiger partial charge is 0.342 e. The minimum absolute atomic E-state index is 0.00679. The molecule has 0 unspecified atom stereocenters. The van der Waals surface area contributed by atoms with Crippen molar-refractivity contribution in [2.24, 2.45) is 11.7 Å². The molecule has 0 saturated carbocycles. The molecule has 25 heavy (non-hydrogen) atoms. The van der Waals surface area contributed by atoms with Gasteiger partial charge in [0.1, 0.15) is 6.04 Å². The van der Waals surface area contributed by atoms with Crippen LogP contribution in [0.4, 0.5) is 0 Å². The smallest absolute Gasteiger partial charge is 0.251 e. The van der Waals surface area contributed by atoms with Crippen LogP contribution in [0, 0.1) is 5.92 Å². The second-order valence-electron chi connectivity index (χ2n) is 7.55. The molecule has 0 spiro atoms. The summed E-state index contributed by atoms with van der Waals surface area (Å²) in [6, 6.07) is 4.65. The number of nitrogens with zero attached hydrogens (tertiary/aromatic N) is 3. The summed E-state index contributed by atoms with van der Waals surface area (Å²) in [4.78, 5) is 41.4.